The summed E-state index contributed by atoms with van der Waals surface area (Å²) in [5, 5.41) is -0.262. The highest BCUT2D eigenvalue weighted by Crippen LogP contribution is 2.54. The lowest BCUT2D eigenvalue weighted by Crippen LogP contribution is -2.51. The number of hydrogen-bond donors (Lipinski definition) is 0. The molecule has 1 saturated heterocycles. The number of fused-ring (bicyclic) bond motifs is 3. The van der Waals surface area contributed by atoms with Crippen molar-refractivity contribution in [2.75, 3.05) is 11.4 Å². The number of amides is 1. The predicted octanol–water partition coefficient (Wildman–Crippen LogP) is 4.90. The highest BCUT2D eigenvalue weighted by Gasteiger charge is 2.56. The molecule has 0 spiro atoms. The number of hydrogen-bond acceptors (Lipinski definition) is 5. The van der Waals surface area contributed by atoms with E-state index >= 15 is 0 Å². The van der Waals surface area contributed by atoms with Gasteiger partial charge in [-0.25, -0.2) is 17.5 Å². The van der Waals surface area contributed by atoms with Gasteiger partial charge in [0.1, 0.15) is 6.17 Å². The lowest BCUT2D eigenvalue weighted by atomic mass is 9.99. The van der Waals surface area contributed by atoms with Crippen LogP contribution >= 0.6 is 11.8 Å². The van der Waals surface area contributed by atoms with Crippen LogP contribution in [0, 0.1) is 0 Å². The summed E-state index contributed by atoms with van der Waals surface area (Å²) < 4.78 is 34.1. The Balaban J connectivity index is 1.62. The number of ether oxygens (including phenoxy) is 1. The number of rotatable bonds is 4. The Hall–Kier alpha value is -2.97. The third-order valence-electron chi connectivity index (χ3n) is 5.93. The smallest absolute Gasteiger partial charge is 0.412 e. The molecule has 5 rings (SSSR count). The number of carbonyl (C=O) groups is 1. The predicted molar refractivity (Wildman–Crippen MR) is 124 cm³/mol. The van der Waals surface area contributed by atoms with Crippen LogP contribution in [0.3, 0.4) is 0 Å². The molecule has 0 unspecified atom stereocenters. The van der Waals surface area contributed by atoms with E-state index in [4.69, 9.17) is 4.74 Å². The zero-order chi connectivity index (χ0) is 22.3. The molecule has 3 aromatic carbocycles. The SMILES string of the molecule is COC(=O)N1[C@H](Sc2ccccc2)C[C@@H]2c3ccccc3N(S(=O)(=O)c3ccccc3)[C@@H]21. The molecule has 2 heterocycles. The number of thioether (sulfide) groups is 1. The first-order valence-corrected chi connectivity index (χ1v) is 12.6. The van der Waals surface area contributed by atoms with Crippen molar-refractivity contribution in [2.24, 2.45) is 0 Å². The van der Waals surface area contributed by atoms with Crippen molar-refractivity contribution in [1.29, 1.82) is 0 Å². The number of methoxy groups -OCH3 is 1. The molecule has 1 amide bonds. The molecule has 0 bridgehead atoms. The van der Waals surface area contributed by atoms with Gasteiger partial charge in [-0.2, -0.15) is 0 Å². The van der Waals surface area contributed by atoms with Crippen molar-refractivity contribution in [2.45, 2.75) is 33.7 Å². The number of sulfonamides is 1. The molecule has 3 aromatic rings. The molecular weight excluding hydrogens is 444 g/mol. The first-order valence-electron chi connectivity index (χ1n) is 10.3. The summed E-state index contributed by atoms with van der Waals surface area (Å²) in [5.41, 5.74) is 1.55. The van der Waals surface area contributed by atoms with Gasteiger partial charge in [0, 0.05) is 10.8 Å². The second-order valence-corrected chi connectivity index (χ2v) is 10.8. The monoisotopic (exact) mass is 466 g/mol. The van der Waals surface area contributed by atoms with Gasteiger partial charge in [-0.15, -0.1) is 11.8 Å². The molecule has 0 radical (unpaired) electrons. The van der Waals surface area contributed by atoms with E-state index in [0.717, 1.165) is 10.5 Å². The van der Waals surface area contributed by atoms with Gasteiger partial charge in [0.15, 0.2) is 0 Å². The summed E-state index contributed by atoms with van der Waals surface area (Å²) in [6.45, 7) is 0. The number of para-hydroxylation sites is 1. The van der Waals surface area contributed by atoms with Gasteiger partial charge in [-0.1, -0.05) is 54.6 Å². The molecule has 0 N–H and O–H groups in total. The fourth-order valence-corrected chi connectivity index (χ4v) is 7.54. The summed E-state index contributed by atoms with van der Waals surface area (Å²) in [6, 6.07) is 25.7. The van der Waals surface area contributed by atoms with E-state index < -0.39 is 22.3 Å². The Morgan fingerprint density at radius 2 is 1.56 bits per heavy atom. The standard InChI is InChI=1S/C24H22N2O4S2/c1-30-24(27)25-22(31-17-10-4-2-5-11-17)16-20-19-14-8-9-15-21(19)26(23(20)25)32(28,29)18-12-6-3-7-13-18/h2-15,20,22-23H,16H2,1H3/t20-,22-,23+/m1/s1. The molecular formula is C24H22N2O4S2. The number of likely N-dealkylation sites (tertiary alicyclic amines) is 1. The minimum absolute atomic E-state index is 0.148. The van der Waals surface area contributed by atoms with E-state index in [2.05, 4.69) is 0 Å². The van der Waals surface area contributed by atoms with E-state index in [1.54, 1.807) is 47.0 Å². The summed E-state index contributed by atoms with van der Waals surface area (Å²) in [5.74, 6) is -0.148. The van der Waals surface area contributed by atoms with Crippen molar-refractivity contribution in [1.82, 2.24) is 4.90 Å². The first kappa shape index (κ1) is 20.9. The molecule has 2 aliphatic heterocycles. The van der Waals surface area contributed by atoms with Crippen LogP contribution in [0.5, 0.6) is 0 Å². The Bertz CT molecular complexity index is 1240. The zero-order valence-electron chi connectivity index (χ0n) is 17.4. The molecule has 164 valence electrons. The maximum absolute atomic E-state index is 13.8. The van der Waals surface area contributed by atoms with Crippen LogP contribution in [0.25, 0.3) is 0 Å². The summed E-state index contributed by atoms with van der Waals surface area (Å²) >= 11 is 1.55. The summed E-state index contributed by atoms with van der Waals surface area (Å²) in [7, 11) is -2.57. The molecule has 6 nitrogen and oxygen atoms in total. The number of benzene rings is 3. The largest absolute Gasteiger partial charge is 0.453 e. The van der Waals surface area contributed by atoms with Crippen LogP contribution in [0.1, 0.15) is 17.9 Å². The minimum atomic E-state index is -3.90. The van der Waals surface area contributed by atoms with E-state index in [1.165, 1.54) is 11.4 Å². The van der Waals surface area contributed by atoms with Gasteiger partial charge < -0.3 is 4.74 Å². The first-order chi connectivity index (χ1) is 15.5. The Morgan fingerprint density at radius 3 is 2.25 bits per heavy atom. The van der Waals surface area contributed by atoms with Gasteiger partial charge in [0.2, 0.25) is 0 Å². The molecule has 0 aliphatic carbocycles. The van der Waals surface area contributed by atoms with Gasteiger partial charge in [-0.05, 0) is 42.3 Å². The number of anilines is 1. The van der Waals surface area contributed by atoms with Crippen molar-refractivity contribution in [3.05, 3.63) is 90.5 Å². The van der Waals surface area contributed by atoms with Gasteiger partial charge in [-0.3, -0.25) is 4.90 Å². The second kappa shape index (κ2) is 8.18. The average molecular weight is 467 g/mol. The molecule has 2 aliphatic rings. The minimum Gasteiger partial charge on any atom is -0.453 e. The van der Waals surface area contributed by atoms with Crippen LogP contribution in [0.15, 0.2) is 94.7 Å². The van der Waals surface area contributed by atoms with Gasteiger partial charge >= 0.3 is 6.09 Å². The van der Waals surface area contributed by atoms with E-state index in [1.807, 2.05) is 54.6 Å². The second-order valence-electron chi connectivity index (χ2n) is 7.69. The van der Waals surface area contributed by atoms with E-state index in [-0.39, 0.29) is 16.2 Å². The fraction of sp³-hybridized carbons (Fsp3) is 0.208. The van der Waals surface area contributed by atoms with Crippen molar-refractivity contribution >= 4 is 33.6 Å². The highest BCUT2D eigenvalue weighted by molar-refractivity contribution is 8.00. The quantitative estimate of drug-likeness (QED) is 0.547. The third-order valence-corrected chi connectivity index (χ3v) is 8.96. The molecule has 0 aromatic heterocycles. The van der Waals surface area contributed by atoms with Crippen molar-refractivity contribution < 1.29 is 17.9 Å². The molecule has 3 atom stereocenters. The van der Waals surface area contributed by atoms with Crippen LogP contribution in [0.4, 0.5) is 10.5 Å². The Morgan fingerprint density at radius 1 is 0.938 bits per heavy atom. The van der Waals surface area contributed by atoms with Crippen LogP contribution in [-0.2, 0) is 14.8 Å². The maximum atomic E-state index is 13.8. The third kappa shape index (κ3) is 3.34. The fourth-order valence-electron chi connectivity index (χ4n) is 4.59. The summed E-state index contributed by atoms with van der Waals surface area (Å²) in [4.78, 5) is 15.8. The Kier molecular flexibility index (Phi) is 5.35. The van der Waals surface area contributed by atoms with Crippen LogP contribution in [0.2, 0.25) is 0 Å². The lowest BCUT2D eigenvalue weighted by molar-refractivity contribution is 0.116. The highest BCUT2D eigenvalue weighted by atomic mass is 32.2. The van der Waals surface area contributed by atoms with E-state index in [0.29, 0.717) is 12.1 Å². The van der Waals surface area contributed by atoms with E-state index in [9.17, 15) is 13.2 Å². The van der Waals surface area contributed by atoms with Crippen molar-refractivity contribution in [3.63, 3.8) is 0 Å². The normalized spacial score (nSPS) is 21.8. The number of carbonyl (C=O) groups excluding carboxylic acids is 1. The average Bonchev–Trinajstić information content (AvgIpc) is 3.34. The Labute approximate surface area is 191 Å². The van der Waals surface area contributed by atoms with Crippen LogP contribution in [-0.4, -0.2) is 38.1 Å². The van der Waals surface area contributed by atoms with Gasteiger partial charge in [0.25, 0.3) is 10.0 Å². The van der Waals surface area contributed by atoms with Crippen LogP contribution < -0.4 is 4.31 Å². The van der Waals surface area contributed by atoms with Gasteiger partial charge in [0.05, 0.1) is 23.1 Å². The molecule has 32 heavy (non-hydrogen) atoms. The molecule has 0 saturated carbocycles. The summed E-state index contributed by atoms with van der Waals surface area (Å²) in [6.07, 6.45) is -0.602. The maximum Gasteiger partial charge on any atom is 0.412 e. The molecule has 1 fully saturated rings. The topological polar surface area (TPSA) is 66.9 Å². The lowest BCUT2D eigenvalue weighted by Gasteiger charge is -2.34. The molecule has 8 heteroatoms. The van der Waals surface area contributed by atoms with Crippen molar-refractivity contribution in [3.8, 4) is 0 Å². The number of nitrogens with zero attached hydrogens (tertiary/aromatic N) is 2. The zero-order valence-corrected chi connectivity index (χ0v) is 19.0.